The first-order valence-corrected chi connectivity index (χ1v) is 14.6. The highest BCUT2D eigenvalue weighted by Crippen LogP contribution is 2.41. The Hall–Kier alpha value is -3.76. The molecule has 2 amide bonds. The molecule has 0 aromatic carbocycles. The number of allylic oxidation sites excluding steroid dienone is 1. The van der Waals surface area contributed by atoms with Crippen LogP contribution in [0, 0.1) is 12.3 Å². The number of ether oxygens (including phenoxy) is 2. The summed E-state index contributed by atoms with van der Waals surface area (Å²) in [6.45, 7) is 6.21. The lowest BCUT2D eigenvalue weighted by Crippen LogP contribution is -2.71. The number of thiazole rings is 2. The topological polar surface area (TPSA) is 186 Å². The van der Waals surface area contributed by atoms with Crippen LogP contribution < -0.4 is 11.1 Å². The average Bonchev–Trinajstić information content (AvgIpc) is 3.52. The zero-order chi connectivity index (χ0) is 29.2. The van der Waals surface area contributed by atoms with Crippen LogP contribution in [0.15, 0.2) is 33.4 Å². The third-order valence-corrected chi connectivity index (χ3v) is 8.64. The summed E-state index contributed by atoms with van der Waals surface area (Å²) < 4.78 is 10.3. The van der Waals surface area contributed by atoms with Crippen molar-refractivity contribution in [2.75, 3.05) is 18.3 Å². The molecular formula is C24H26N6O7S3. The maximum atomic E-state index is 13.2. The molecule has 13 nitrogen and oxygen atoms in total. The van der Waals surface area contributed by atoms with Crippen LogP contribution in [0.1, 0.15) is 37.0 Å². The van der Waals surface area contributed by atoms with Crippen LogP contribution in [0.3, 0.4) is 0 Å². The number of nitrogens with one attached hydrogen (secondary N) is 1. The Morgan fingerprint density at radius 2 is 2.02 bits per heavy atom. The normalized spacial score (nSPS) is 19.4. The van der Waals surface area contributed by atoms with Gasteiger partial charge in [-0.2, -0.15) is 0 Å². The molecule has 1 saturated heterocycles. The number of aromatic nitrogens is 2. The molecule has 4 rings (SSSR count). The second-order valence-corrected chi connectivity index (χ2v) is 12.5. The maximum Gasteiger partial charge on any atom is 0.358 e. The van der Waals surface area contributed by atoms with Crippen molar-refractivity contribution in [3.8, 4) is 0 Å². The Bertz CT molecular complexity index is 1440. The van der Waals surface area contributed by atoms with E-state index in [2.05, 4.69) is 20.4 Å². The molecule has 0 spiro atoms. The fraction of sp³-hybridized carbons (Fsp3) is 0.375. The number of β-lactam (4-membered cyclic amide) rings is 1. The number of esters is 2. The minimum absolute atomic E-state index is 0.0206. The van der Waals surface area contributed by atoms with E-state index in [0.717, 1.165) is 21.9 Å². The molecule has 2 atom stereocenters. The van der Waals surface area contributed by atoms with Gasteiger partial charge in [0.05, 0.1) is 16.6 Å². The van der Waals surface area contributed by atoms with Crippen LogP contribution in [0.2, 0.25) is 0 Å². The summed E-state index contributed by atoms with van der Waals surface area (Å²) in [5.41, 5.74) is 7.46. The van der Waals surface area contributed by atoms with E-state index in [-0.39, 0.29) is 16.5 Å². The predicted molar refractivity (Wildman–Crippen MR) is 149 cm³/mol. The Morgan fingerprint density at radius 1 is 1.27 bits per heavy atom. The van der Waals surface area contributed by atoms with E-state index in [0.29, 0.717) is 11.3 Å². The minimum Gasteiger partial charge on any atom is -0.427 e. The number of nitrogens with two attached hydrogens (primary N) is 1. The quantitative estimate of drug-likeness (QED) is 0.0998. The zero-order valence-corrected chi connectivity index (χ0v) is 24.3. The molecule has 0 aliphatic carbocycles. The molecule has 1 fully saturated rings. The van der Waals surface area contributed by atoms with E-state index in [4.69, 9.17) is 15.2 Å². The van der Waals surface area contributed by atoms with Crippen molar-refractivity contribution in [1.82, 2.24) is 20.2 Å². The van der Waals surface area contributed by atoms with Crippen molar-refractivity contribution in [3.63, 3.8) is 0 Å². The van der Waals surface area contributed by atoms with Gasteiger partial charge in [0, 0.05) is 16.0 Å². The lowest BCUT2D eigenvalue weighted by Gasteiger charge is -2.49. The van der Waals surface area contributed by atoms with Gasteiger partial charge in [-0.15, -0.1) is 34.4 Å². The van der Waals surface area contributed by atoms with Crippen molar-refractivity contribution in [2.24, 2.45) is 10.6 Å². The molecule has 0 radical (unpaired) electrons. The number of fused-ring (bicyclic) bond motifs is 1. The van der Waals surface area contributed by atoms with Gasteiger partial charge in [0.25, 0.3) is 11.8 Å². The fourth-order valence-corrected chi connectivity index (χ4v) is 6.21. The molecule has 4 heterocycles. The van der Waals surface area contributed by atoms with Crippen molar-refractivity contribution < 1.29 is 33.9 Å². The van der Waals surface area contributed by atoms with Crippen LogP contribution >= 0.6 is 34.4 Å². The predicted octanol–water partition coefficient (Wildman–Crippen LogP) is 2.13. The van der Waals surface area contributed by atoms with Gasteiger partial charge in [-0.25, -0.2) is 14.8 Å². The molecule has 2 aromatic rings. The maximum absolute atomic E-state index is 13.2. The van der Waals surface area contributed by atoms with Gasteiger partial charge >= 0.3 is 11.9 Å². The van der Waals surface area contributed by atoms with E-state index in [9.17, 15) is 24.4 Å². The van der Waals surface area contributed by atoms with Gasteiger partial charge in [0.2, 0.25) is 6.79 Å². The number of anilines is 1. The third kappa shape index (κ3) is 6.03. The monoisotopic (exact) mass is 606 g/mol. The van der Waals surface area contributed by atoms with Crippen molar-refractivity contribution in [3.05, 3.63) is 44.5 Å². The second kappa shape index (κ2) is 11.8. The molecule has 2 aliphatic heterocycles. The lowest BCUT2D eigenvalue weighted by molar-refractivity contribution is -0.173. The van der Waals surface area contributed by atoms with E-state index in [1.807, 2.05) is 6.92 Å². The summed E-state index contributed by atoms with van der Waals surface area (Å²) in [5.74, 6) is -2.51. The third-order valence-electron chi connectivity index (χ3n) is 5.77. The molecule has 0 bridgehead atoms. The number of thioether (sulfide) groups is 1. The number of nitrogens with zero attached hydrogens (tertiary/aromatic N) is 4. The Balaban J connectivity index is 1.54. The molecule has 40 heavy (non-hydrogen) atoms. The first-order chi connectivity index (χ1) is 18.9. The van der Waals surface area contributed by atoms with E-state index >= 15 is 0 Å². The first-order valence-electron chi connectivity index (χ1n) is 11.8. The summed E-state index contributed by atoms with van der Waals surface area (Å²) in [7, 11) is 0. The molecule has 0 saturated carbocycles. The van der Waals surface area contributed by atoms with Gasteiger partial charge < -0.3 is 25.7 Å². The number of amides is 2. The van der Waals surface area contributed by atoms with Gasteiger partial charge in [-0.1, -0.05) is 11.2 Å². The lowest BCUT2D eigenvalue weighted by atomic mass is 9.98. The van der Waals surface area contributed by atoms with Crippen molar-refractivity contribution >= 4 is 75.1 Å². The largest absolute Gasteiger partial charge is 0.427 e. The number of rotatable bonds is 8. The number of hydrogen-bond donors (Lipinski definition) is 3. The average molecular weight is 607 g/mol. The van der Waals surface area contributed by atoms with Crippen LogP contribution in [0.5, 0.6) is 0 Å². The summed E-state index contributed by atoms with van der Waals surface area (Å²) in [4.78, 5) is 61.6. The molecule has 1 unspecified atom stereocenters. The number of nitrogen functional groups attached to an aromatic ring is 1. The van der Waals surface area contributed by atoms with Gasteiger partial charge in [-0.3, -0.25) is 19.3 Å². The van der Waals surface area contributed by atoms with Gasteiger partial charge in [0.15, 0.2) is 10.8 Å². The SMILES string of the molecule is Cc1ncsc1C=CC1=C(C(=O)OCOC(=O)C(C)(C)C)N2C(=O)C(NC(=O)C(=NO)c3csc(N)n3)[C@@H]2SC1. The van der Waals surface area contributed by atoms with Crippen LogP contribution in [0.4, 0.5) is 5.13 Å². The molecule has 2 aliphatic rings. The van der Waals surface area contributed by atoms with Gasteiger partial charge in [0.1, 0.15) is 22.8 Å². The van der Waals surface area contributed by atoms with Crippen LogP contribution in [-0.2, 0) is 28.7 Å². The molecule has 4 N–H and O–H groups in total. The highest BCUT2D eigenvalue weighted by molar-refractivity contribution is 8.00. The van der Waals surface area contributed by atoms with Crippen LogP contribution in [-0.4, -0.2) is 73.5 Å². The van der Waals surface area contributed by atoms with Crippen molar-refractivity contribution in [1.29, 1.82) is 0 Å². The number of hydrogen-bond acceptors (Lipinski definition) is 14. The number of oxime groups is 1. The summed E-state index contributed by atoms with van der Waals surface area (Å²) >= 11 is 3.81. The summed E-state index contributed by atoms with van der Waals surface area (Å²) in [5, 5.41) is 15.9. The highest BCUT2D eigenvalue weighted by atomic mass is 32.2. The highest BCUT2D eigenvalue weighted by Gasteiger charge is 2.54. The number of carbonyl (C=O) groups is 4. The molecule has 2 aromatic heterocycles. The summed E-state index contributed by atoms with van der Waals surface area (Å²) in [6, 6.07) is -1.01. The van der Waals surface area contributed by atoms with Crippen molar-refractivity contribution in [2.45, 2.75) is 39.1 Å². The number of carbonyl (C=O) groups excluding carboxylic acids is 4. The molecule has 16 heteroatoms. The Labute approximate surface area is 241 Å². The van der Waals surface area contributed by atoms with Crippen LogP contribution in [0.25, 0.3) is 6.08 Å². The van der Waals surface area contributed by atoms with Gasteiger partial charge in [-0.05, 0) is 39.3 Å². The second-order valence-electron chi connectivity index (χ2n) is 9.62. The van der Waals surface area contributed by atoms with E-state index < -0.39 is 53.1 Å². The summed E-state index contributed by atoms with van der Waals surface area (Å²) in [6.07, 6.45) is 3.51. The number of aryl methyl sites for hydroxylation is 1. The zero-order valence-electron chi connectivity index (χ0n) is 21.9. The van der Waals surface area contributed by atoms with E-state index in [1.54, 1.807) is 38.4 Å². The molecular weight excluding hydrogens is 581 g/mol. The van der Waals surface area contributed by atoms with E-state index in [1.165, 1.54) is 33.4 Å². The Morgan fingerprint density at radius 3 is 2.62 bits per heavy atom. The first kappa shape index (κ1) is 29.2. The smallest absolute Gasteiger partial charge is 0.358 e. The standard InChI is InChI=1S/C24H26N6O7S3/c1-11-14(40-9-26-11)6-5-12-7-38-20-16(28-18(31)15(29-35)13-8-39-23(25)27-13)19(32)30(20)17(12)21(33)36-10-37-22(34)24(2,3)4/h5-6,8-9,16,20,35H,7,10H2,1-4H3,(H2,25,27)(H,28,31)/t16?,20-/m0/s1. The minimum atomic E-state index is -1.01. The molecule has 212 valence electrons. The Kier molecular flexibility index (Phi) is 8.60. The fourth-order valence-electron chi connectivity index (χ4n) is 3.65.